The number of nitrogens with two attached hydrogens (primary N) is 1. The minimum atomic E-state index is -0.790. The van der Waals surface area contributed by atoms with Crippen molar-refractivity contribution in [3.8, 4) is 33.8 Å². The van der Waals surface area contributed by atoms with Crippen LogP contribution in [0.15, 0.2) is 96.3 Å². The minimum Gasteiger partial charge on any atom is -0.444 e. The first kappa shape index (κ1) is 29.9. The van der Waals surface area contributed by atoms with Gasteiger partial charge in [-0.3, -0.25) is 9.48 Å². The van der Waals surface area contributed by atoms with Gasteiger partial charge in [-0.05, 0) is 51.3 Å². The van der Waals surface area contributed by atoms with Gasteiger partial charge in [0, 0.05) is 60.0 Å². The molecule has 1 aliphatic rings. The summed E-state index contributed by atoms with van der Waals surface area (Å²) < 4.78 is 8.77. The van der Waals surface area contributed by atoms with Gasteiger partial charge >= 0.3 is 6.09 Å². The Balaban J connectivity index is 1.14. The first-order valence-corrected chi connectivity index (χ1v) is 15.0. The molecule has 0 bridgehead atoms. The van der Waals surface area contributed by atoms with E-state index >= 15 is 0 Å². The van der Waals surface area contributed by atoms with Crippen molar-refractivity contribution in [2.75, 3.05) is 13.1 Å². The molecule has 11 heteroatoms. The predicted octanol–water partition coefficient (Wildman–Crippen LogP) is 5.31. The van der Waals surface area contributed by atoms with Crippen LogP contribution in [0.4, 0.5) is 4.79 Å². The number of ether oxygens (including phenoxy) is 1. The quantitative estimate of drug-likeness (QED) is 0.276. The Hall–Kier alpha value is -5.16. The Labute approximate surface area is 261 Å². The number of carbonyl (C=O) groups is 1. The van der Waals surface area contributed by atoms with Gasteiger partial charge in [-0.1, -0.05) is 48.5 Å². The normalized spacial score (nSPS) is 14.7. The van der Waals surface area contributed by atoms with Gasteiger partial charge in [0.25, 0.3) is 5.56 Å². The van der Waals surface area contributed by atoms with Crippen LogP contribution in [0.5, 0.6) is 0 Å². The van der Waals surface area contributed by atoms with Gasteiger partial charge in [0.1, 0.15) is 11.8 Å². The molecule has 1 saturated heterocycles. The second kappa shape index (κ2) is 12.4. The molecule has 1 aliphatic heterocycles. The van der Waals surface area contributed by atoms with E-state index in [1.54, 1.807) is 23.4 Å². The van der Waals surface area contributed by atoms with Crippen LogP contribution in [-0.4, -0.2) is 59.2 Å². The maximum absolute atomic E-state index is 12.7. The summed E-state index contributed by atoms with van der Waals surface area (Å²) in [5.74, 6) is 0.535. The summed E-state index contributed by atoms with van der Waals surface area (Å²) >= 11 is 0. The highest BCUT2D eigenvalue weighted by atomic mass is 16.6. The molecule has 0 radical (unpaired) electrons. The van der Waals surface area contributed by atoms with Crippen molar-refractivity contribution in [3.63, 3.8) is 0 Å². The van der Waals surface area contributed by atoms with Gasteiger partial charge in [-0.2, -0.15) is 10.2 Å². The van der Waals surface area contributed by atoms with Crippen LogP contribution >= 0.6 is 0 Å². The largest absolute Gasteiger partial charge is 0.444 e. The van der Waals surface area contributed by atoms with E-state index in [1.807, 2.05) is 92.4 Å². The first-order valence-electron chi connectivity index (χ1n) is 15.0. The van der Waals surface area contributed by atoms with Crippen molar-refractivity contribution in [1.82, 2.24) is 34.4 Å². The van der Waals surface area contributed by atoms with Gasteiger partial charge in [-0.15, -0.1) is 0 Å². The van der Waals surface area contributed by atoms with Crippen LogP contribution in [0.2, 0.25) is 0 Å². The lowest BCUT2D eigenvalue weighted by molar-refractivity contribution is 0.0185. The molecular weight excluding hydrogens is 568 g/mol. The summed E-state index contributed by atoms with van der Waals surface area (Å²) in [7, 11) is 0. The maximum atomic E-state index is 12.7. The zero-order chi connectivity index (χ0) is 31.6. The van der Waals surface area contributed by atoms with E-state index < -0.39 is 11.8 Å². The fourth-order valence-corrected chi connectivity index (χ4v) is 5.34. The number of benzene rings is 2. The van der Waals surface area contributed by atoms with E-state index in [0.29, 0.717) is 30.2 Å². The number of piperidine rings is 1. The summed E-state index contributed by atoms with van der Waals surface area (Å²) in [6.07, 6.45) is 7.90. The number of aromatic nitrogens is 6. The summed E-state index contributed by atoms with van der Waals surface area (Å²) in [6.45, 7) is 6.87. The van der Waals surface area contributed by atoms with E-state index in [-0.39, 0.29) is 17.7 Å². The fourth-order valence-electron chi connectivity index (χ4n) is 5.34. The van der Waals surface area contributed by atoms with Crippen LogP contribution in [0.25, 0.3) is 33.8 Å². The van der Waals surface area contributed by atoms with Crippen LogP contribution < -0.4 is 11.3 Å². The Kier molecular flexibility index (Phi) is 8.27. The number of carbonyl (C=O) groups excluding carboxylic acids is 1. The average Bonchev–Trinajstić information content (AvgIpc) is 3.55. The number of hydrogen-bond acceptors (Lipinski definition) is 8. The van der Waals surface area contributed by atoms with Crippen LogP contribution in [0.1, 0.15) is 51.4 Å². The van der Waals surface area contributed by atoms with Crippen LogP contribution in [0, 0.1) is 0 Å². The van der Waals surface area contributed by atoms with E-state index in [9.17, 15) is 9.59 Å². The molecule has 2 aromatic carbocycles. The Morgan fingerprint density at radius 3 is 2.31 bits per heavy atom. The standard InChI is InChI=1S/C34H36N8O3/c1-34(2,3)45-33(44)40-16-14-28(15-17-40)41-22-27(21-38-41)26-19-36-32(37-20-26)25-11-7-10-24(18-25)31(35)42-30(43)13-12-29(39-42)23-8-5-4-6-9-23/h4-13,18-22,28,31H,14-17,35H2,1-3H3. The van der Waals surface area contributed by atoms with Gasteiger partial charge in [-0.25, -0.2) is 19.4 Å². The number of likely N-dealkylation sites (tertiary alicyclic amines) is 1. The van der Waals surface area contributed by atoms with Crippen molar-refractivity contribution >= 4 is 6.09 Å². The summed E-state index contributed by atoms with van der Waals surface area (Å²) in [6, 6.07) is 20.5. The van der Waals surface area contributed by atoms with Gasteiger partial charge in [0.2, 0.25) is 0 Å². The Morgan fingerprint density at radius 1 is 0.889 bits per heavy atom. The molecule has 6 rings (SSSR count). The number of nitrogens with zero attached hydrogens (tertiary/aromatic N) is 7. The molecule has 5 aromatic rings. The molecule has 1 unspecified atom stereocenters. The topological polar surface area (TPSA) is 134 Å². The molecule has 2 N–H and O–H groups in total. The second-order valence-corrected chi connectivity index (χ2v) is 12.1. The molecule has 0 spiro atoms. The van der Waals surface area contributed by atoms with Gasteiger partial charge < -0.3 is 15.4 Å². The molecular formula is C34H36N8O3. The van der Waals surface area contributed by atoms with Crippen LogP contribution in [-0.2, 0) is 4.74 Å². The highest BCUT2D eigenvalue weighted by Gasteiger charge is 2.28. The number of amides is 1. The third-order valence-corrected chi connectivity index (χ3v) is 7.72. The minimum absolute atomic E-state index is 0.194. The van der Waals surface area contributed by atoms with Crippen molar-refractivity contribution in [2.24, 2.45) is 5.73 Å². The second-order valence-electron chi connectivity index (χ2n) is 12.1. The zero-order valence-electron chi connectivity index (χ0n) is 25.6. The Bertz CT molecular complexity index is 1840. The lowest BCUT2D eigenvalue weighted by Gasteiger charge is -2.33. The zero-order valence-corrected chi connectivity index (χ0v) is 25.6. The van der Waals surface area contributed by atoms with Crippen molar-refractivity contribution in [2.45, 2.75) is 51.4 Å². The van der Waals surface area contributed by atoms with Gasteiger partial charge in [0.15, 0.2) is 5.82 Å². The molecule has 1 fully saturated rings. The summed E-state index contributed by atoms with van der Waals surface area (Å²) in [5, 5.41) is 9.14. The van der Waals surface area contributed by atoms with Crippen LogP contribution in [0.3, 0.4) is 0 Å². The molecule has 4 heterocycles. The molecule has 3 aromatic heterocycles. The predicted molar refractivity (Wildman–Crippen MR) is 171 cm³/mol. The fraction of sp³-hybridized carbons (Fsp3) is 0.294. The monoisotopic (exact) mass is 604 g/mol. The summed E-state index contributed by atoms with van der Waals surface area (Å²) in [4.78, 5) is 36.1. The molecule has 0 aliphatic carbocycles. The maximum Gasteiger partial charge on any atom is 0.410 e. The first-order chi connectivity index (χ1) is 21.6. The van der Waals surface area contributed by atoms with Crippen molar-refractivity contribution < 1.29 is 9.53 Å². The molecule has 230 valence electrons. The van der Waals surface area contributed by atoms with Crippen molar-refractivity contribution in [3.05, 3.63) is 107 Å². The number of rotatable bonds is 6. The van der Waals surface area contributed by atoms with E-state index in [1.165, 1.54) is 10.7 Å². The highest BCUT2D eigenvalue weighted by Crippen LogP contribution is 2.27. The lowest BCUT2D eigenvalue weighted by atomic mass is 10.1. The molecule has 1 amide bonds. The molecule has 1 atom stereocenters. The van der Waals surface area contributed by atoms with E-state index in [0.717, 1.165) is 35.1 Å². The SMILES string of the molecule is CC(C)(C)OC(=O)N1CCC(n2cc(-c3cnc(-c4cccc(C(N)n5nc(-c6ccccc6)ccc5=O)c4)nc3)cn2)CC1. The van der Waals surface area contributed by atoms with E-state index in [2.05, 4.69) is 20.2 Å². The smallest absolute Gasteiger partial charge is 0.410 e. The lowest BCUT2D eigenvalue weighted by Crippen LogP contribution is -2.42. The van der Waals surface area contributed by atoms with Crippen molar-refractivity contribution in [1.29, 1.82) is 0 Å². The Morgan fingerprint density at radius 2 is 1.60 bits per heavy atom. The third kappa shape index (κ3) is 6.83. The highest BCUT2D eigenvalue weighted by molar-refractivity contribution is 5.68. The van der Waals surface area contributed by atoms with E-state index in [4.69, 9.17) is 10.5 Å². The number of hydrogen-bond donors (Lipinski definition) is 1. The molecule has 0 saturated carbocycles. The molecule has 11 nitrogen and oxygen atoms in total. The molecule has 45 heavy (non-hydrogen) atoms. The summed E-state index contributed by atoms with van der Waals surface area (Å²) in [5.41, 5.74) is 10.5. The average molecular weight is 605 g/mol. The van der Waals surface area contributed by atoms with Gasteiger partial charge in [0.05, 0.1) is 17.9 Å². The third-order valence-electron chi connectivity index (χ3n) is 7.72.